The van der Waals surface area contributed by atoms with Crippen LogP contribution in [0.5, 0.6) is 0 Å². The van der Waals surface area contributed by atoms with Crippen LogP contribution in [0.25, 0.3) is 0 Å². The zero-order chi connectivity index (χ0) is 43.2. The standard InChI is InChI=1S/C43H65FN6O7S2/c1-8-39(51)50-22-18-34(19-23-50)59(56,57)47-42(52)45-40-35(27(2)3)10-9-11-36(40)29(6)12-13-30(7)38-25-32(44)24-37(28(4)5)41(38)46-43(53)48-58(54,55)33-16-20-49(21-17-33)26-31-14-15-31/h9-11,24-25,27-31,33-34H,8,12-23,26H2,1-7H3,(H2,45,47,52)(H2,46,48,53). The van der Waals surface area contributed by atoms with Gasteiger partial charge in [0.25, 0.3) is 0 Å². The highest BCUT2D eigenvalue weighted by Crippen LogP contribution is 2.39. The number of carbonyl (C=O) groups excluding carboxylic acids is 3. The Morgan fingerprint density at radius 1 is 0.678 bits per heavy atom. The predicted octanol–water partition coefficient (Wildman–Crippen LogP) is 7.94. The number of nitrogens with zero attached hydrogens (tertiary/aromatic N) is 2. The van der Waals surface area contributed by atoms with Crippen LogP contribution in [0.1, 0.15) is 152 Å². The Balaban J connectivity index is 1.27. The van der Waals surface area contributed by atoms with Crippen LogP contribution in [-0.2, 0) is 24.8 Å². The quantitative estimate of drug-likeness (QED) is 0.132. The molecule has 0 spiro atoms. The molecule has 1 aliphatic carbocycles. The van der Waals surface area contributed by atoms with Crippen molar-refractivity contribution in [3.05, 3.63) is 58.4 Å². The number of urea groups is 2. The molecule has 0 bridgehead atoms. The lowest BCUT2D eigenvalue weighted by Gasteiger charge is -2.31. The number of hydrogen-bond acceptors (Lipinski definition) is 8. The number of rotatable bonds is 16. The molecule has 59 heavy (non-hydrogen) atoms. The number of piperidine rings is 2. The van der Waals surface area contributed by atoms with Gasteiger partial charge in [-0.2, -0.15) is 0 Å². The SMILES string of the molecule is CCC(=O)N1CCC(S(=O)(=O)NC(=O)Nc2c(C(C)C)cccc2C(C)CCC(C)c2cc(F)cc(C(C)C)c2NC(=O)NS(=O)(=O)C2CCN(CC3CC3)CC2)CC1. The van der Waals surface area contributed by atoms with Crippen molar-refractivity contribution in [2.24, 2.45) is 5.92 Å². The molecule has 5 rings (SSSR count). The zero-order valence-electron chi connectivity index (χ0n) is 35.8. The first-order valence-electron chi connectivity index (χ1n) is 21.4. The Hall–Kier alpha value is -3.76. The molecule has 2 aromatic carbocycles. The highest BCUT2D eigenvalue weighted by Gasteiger charge is 2.35. The van der Waals surface area contributed by atoms with Gasteiger partial charge in [0.1, 0.15) is 5.82 Å². The summed E-state index contributed by atoms with van der Waals surface area (Å²) in [5, 5.41) is 4.18. The first-order valence-corrected chi connectivity index (χ1v) is 24.5. The Bertz CT molecular complexity index is 2040. The minimum atomic E-state index is -4.02. The second-order valence-electron chi connectivity index (χ2n) is 17.5. The van der Waals surface area contributed by atoms with Crippen molar-refractivity contribution < 1.29 is 35.6 Å². The number of halogens is 1. The number of nitrogens with one attached hydrogen (secondary N) is 4. The van der Waals surface area contributed by atoms with Crippen LogP contribution in [0.15, 0.2) is 30.3 Å². The number of benzene rings is 2. The molecule has 4 N–H and O–H groups in total. The second kappa shape index (κ2) is 19.7. The van der Waals surface area contributed by atoms with Crippen LogP contribution in [0.2, 0.25) is 0 Å². The molecular formula is C43H65FN6O7S2. The molecule has 2 saturated heterocycles. The first kappa shape index (κ1) is 46.3. The van der Waals surface area contributed by atoms with Crippen LogP contribution >= 0.6 is 0 Å². The van der Waals surface area contributed by atoms with Crippen LogP contribution < -0.4 is 20.1 Å². The zero-order valence-corrected chi connectivity index (χ0v) is 37.4. The molecule has 0 radical (unpaired) electrons. The summed E-state index contributed by atoms with van der Waals surface area (Å²) in [7, 11) is -7.98. The van der Waals surface area contributed by atoms with E-state index in [0.29, 0.717) is 80.8 Å². The largest absolute Gasteiger partial charge is 0.343 e. The lowest BCUT2D eigenvalue weighted by Crippen LogP contribution is -2.47. The van der Waals surface area contributed by atoms with Crippen LogP contribution in [0, 0.1) is 11.7 Å². The predicted molar refractivity (Wildman–Crippen MR) is 231 cm³/mol. The van der Waals surface area contributed by atoms with Crippen molar-refractivity contribution >= 4 is 49.4 Å². The second-order valence-corrected chi connectivity index (χ2v) is 21.5. The van der Waals surface area contributed by atoms with E-state index < -0.39 is 48.4 Å². The molecule has 0 aromatic heterocycles. The molecular weight excluding hydrogens is 796 g/mol. The molecule has 3 aliphatic rings. The monoisotopic (exact) mass is 860 g/mol. The van der Waals surface area contributed by atoms with E-state index in [1.54, 1.807) is 11.8 Å². The molecule has 2 aliphatic heterocycles. The van der Waals surface area contributed by atoms with Crippen LogP contribution in [-0.4, -0.2) is 87.8 Å². The van der Waals surface area contributed by atoms with Crippen molar-refractivity contribution in [3.8, 4) is 0 Å². The summed E-state index contributed by atoms with van der Waals surface area (Å²) in [6.07, 6.45) is 5.32. The summed E-state index contributed by atoms with van der Waals surface area (Å²) in [5.74, 6) is -0.362. The topological polar surface area (TPSA) is 174 Å². The number of sulfonamides is 2. The fourth-order valence-corrected chi connectivity index (χ4v) is 11.1. The molecule has 328 valence electrons. The van der Waals surface area contributed by atoms with Crippen molar-refractivity contribution in [1.29, 1.82) is 0 Å². The Labute approximate surface area is 351 Å². The van der Waals surface area contributed by atoms with E-state index in [2.05, 4.69) is 25.0 Å². The van der Waals surface area contributed by atoms with Crippen molar-refractivity contribution in [1.82, 2.24) is 19.2 Å². The number of hydrogen-bond donors (Lipinski definition) is 4. The Morgan fingerprint density at radius 3 is 1.63 bits per heavy atom. The number of para-hydroxylation sites is 1. The molecule has 16 heteroatoms. The lowest BCUT2D eigenvalue weighted by atomic mass is 9.84. The van der Waals surface area contributed by atoms with Gasteiger partial charge < -0.3 is 20.4 Å². The number of anilines is 2. The third kappa shape index (κ3) is 12.2. The van der Waals surface area contributed by atoms with Gasteiger partial charge in [0.05, 0.1) is 10.5 Å². The summed E-state index contributed by atoms with van der Waals surface area (Å²) in [4.78, 5) is 42.9. The lowest BCUT2D eigenvalue weighted by molar-refractivity contribution is -0.131. The van der Waals surface area contributed by atoms with Gasteiger partial charge in [-0.25, -0.2) is 40.3 Å². The number of carbonyl (C=O) groups is 3. The van der Waals surface area contributed by atoms with Crippen molar-refractivity contribution in [3.63, 3.8) is 0 Å². The summed E-state index contributed by atoms with van der Waals surface area (Å²) >= 11 is 0. The smallest absolute Gasteiger partial charge is 0.332 e. The van der Waals surface area contributed by atoms with Gasteiger partial charge in [-0.05, 0) is 128 Å². The average Bonchev–Trinajstić information content (AvgIpc) is 4.00. The summed E-state index contributed by atoms with van der Waals surface area (Å²) in [5.41, 5.74) is 3.66. The highest BCUT2D eigenvalue weighted by molar-refractivity contribution is 7.91. The van der Waals surface area contributed by atoms with E-state index in [1.807, 2.05) is 59.7 Å². The highest BCUT2D eigenvalue weighted by atomic mass is 32.2. The third-order valence-corrected chi connectivity index (χ3v) is 15.9. The van der Waals surface area contributed by atoms with E-state index >= 15 is 4.39 Å². The normalized spacial score (nSPS) is 18.4. The fourth-order valence-electron chi connectivity index (χ4n) is 8.48. The Morgan fingerprint density at radius 2 is 1.14 bits per heavy atom. The molecule has 2 unspecified atom stereocenters. The van der Waals surface area contributed by atoms with Gasteiger partial charge in [-0.3, -0.25) is 4.79 Å². The van der Waals surface area contributed by atoms with E-state index in [-0.39, 0.29) is 42.4 Å². The number of amides is 5. The van der Waals surface area contributed by atoms with Crippen molar-refractivity contribution in [2.75, 3.05) is 43.4 Å². The minimum absolute atomic E-state index is 0.00103. The molecule has 13 nitrogen and oxygen atoms in total. The molecule has 1 saturated carbocycles. The fraction of sp³-hybridized carbons (Fsp3) is 0.651. The maximum Gasteiger partial charge on any atom is 0.332 e. The summed E-state index contributed by atoms with van der Waals surface area (Å²) < 4.78 is 73.0. The maximum absolute atomic E-state index is 15.2. The van der Waals surface area contributed by atoms with Crippen LogP contribution in [0.4, 0.5) is 25.4 Å². The van der Waals surface area contributed by atoms with Gasteiger partial charge in [0.15, 0.2) is 0 Å². The molecule has 3 fully saturated rings. The maximum atomic E-state index is 15.2. The molecule has 2 aromatic rings. The van der Waals surface area contributed by atoms with Gasteiger partial charge in [0.2, 0.25) is 26.0 Å². The molecule has 2 atom stereocenters. The van der Waals surface area contributed by atoms with Gasteiger partial charge in [0, 0.05) is 37.4 Å². The third-order valence-electron chi connectivity index (χ3n) is 12.3. The van der Waals surface area contributed by atoms with E-state index in [4.69, 9.17) is 0 Å². The minimum Gasteiger partial charge on any atom is -0.343 e. The average molecular weight is 861 g/mol. The van der Waals surface area contributed by atoms with E-state index in [1.165, 1.54) is 25.0 Å². The molecule has 2 heterocycles. The van der Waals surface area contributed by atoms with E-state index in [9.17, 15) is 31.2 Å². The number of likely N-dealkylation sites (tertiary alicyclic amines) is 2. The van der Waals surface area contributed by atoms with E-state index in [0.717, 1.165) is 23.6 Å². The summed E-state index contributed by atoms with van der Waals surface area (Å²) in [6.45, 7) is 16.4. The van der Waals surface area contributed by atoms with Gasteiger partial charge >= 0.3 is 12.1 Å². The van der Waals surface area contributed by atoms with Gasteiger partial charge in [-0.1, -0.05) is 66.7 Å². The van der Waals surface area contributed by atoms with Crippen molar-refractivity contribution in [2.45, 2.75) is 140 Å². The molecule has 5 amide bonds. The first-order chi connectivity index (χ1) is 27.8. The van der Waals surface area contributed by atoms with Gasteiger partial charge in [-0.15, -0.1) is 0 Å². The van der Waals surface area contributed by atoms with Crippen LogP contribution in [0.3, 0.4) is 0 Å². The Kier molecular flexibility index (Phi) is 15.5. The summed E-state index contributed by atoms with van der Waals surface area (Å²) in [6, 6.07) is 6.74.